The summed E-state index contributed by atoms with van der Waals surface area (Å²) in [6.45, 7) is 0. The Morgan fingerprint density at radius 3 is 2.10 bits per heavy atom. The number of nitrogens with one attached hydrogen (secondary N) is 1. The van der Waals surface area contributed by atoms with Crippen LogP contribution >= 0.6 is 0 Å². The Balaban J connectivity index is 2.48. The SMILES string of the molecule is N#Cc1ccc(Nc2c(F)c(F)cc(F)c2F)c(N)c1. The smallest absolute Gasteiger partial charge is 0.185 e. The second-order valence-electron chi connectivity index (χ2n) is 3.88. The highest BCUT2D eigenvalue weighted by Crippen LogP contribution is 2.30. The number of nitriles is 1. The minimum Gasteiger partial charge on any atom is -0.397 e. The summed E-state index contributed by atoms with van der Waals surface area (Å²) < 4.78 is 53.0. The fraction of sp³-hybridized carbons (Fsp3) is 0. The van der Waals surface area contributed by atoms with Gasteiger partial charge in [-0.25, -0.2) is 17.6 Å². The van der Waals surface area contributed by atoms with Gasteiger partial charge in [-0.05, 0) is 18.2 Å². The molecule has 0 saturated carbocycles. The van der Waals surface area contributed by atoms with Crippen molar-refractivity contribution in [3.8, 4) is 6.07 Å². The predicted molar refractivity (Wildman–Crippen MR) is 65.1 cm³/mol. The number of hydrogen-bond donors (Lipinski definition) is 2. The maximum atomic E-state index is 13.5. The highest BCUT2D eigenvalue weighted by molar-refractivity contribution is 5.74. The molecule has 0 aliphatic carbocycles. The largest absolute Gasteiger partial charge is 0.397 e. The Labute approximate surface area is 111 Å². The fourth-order valence-corrected chi connectivity index (χ4v) is 1.56. The zero-order valence-electron chi connectivity index (χ0n) is 9.85. The summed E-state index contributed by atoms with van der Waals surface area (Å²) in [7, 11) is 0. The molecular formula is C13H7F4N3. The van der Waals surface area contributed by atoms with Gasteiger partial charge in [0.1, 0.15) is 5.69 Å². The van der Waals surface area contributed by atoms with Crippen LogP contribution in [0.15, 0.2) is 24.3 Å². The molecule has 0 heterocycles. The number of nitrogens with zero attached hydrogens (tertiary/aromatic N) is 1. The molecule has 0 aliphatic rings. The van der Waals surface area contributed by atoms with Crippen LogP contribution in [0.1, 0.15) is 5.56 Å². The van der Waals surface area contributed by atoms with E-state index in [1.807, 2.05) is 6.07 Å². The van der Waals surface area contributed by atoms with Crippen molar-refractivity contribution in [2.45, 2.75) is 0 Å². The summed E-state index contributed by atoms with van der Waals surface area (Å²) in [4.78, 5) is 0. The van der Waals surface area contributed by atoms with Gasteiger partial charge in [-0.1, -0.05) is 0 Å². The Bertz CT molecular complexity index is 696. The summed E-state index contributed by atoms with van der Waals surface area (Å²) in [5.74, 6) is -6.18. The average molecular weight is 281 g/mol. The summed E-state index contributed by atoms with van der Waals surface area (Å²) in [5, 5.41) is 10.8. The van der Waals surface area contributed by atoms with Gasteiger partial charge in [0.15, 0.2) is 23.3 Å². The van der Waals surface area contributed by atoms with Gasteiger partial charge in [0, 0.05) is 6.07 Å². The van der Waals surface area contributed by atoms with Gasteiger partial charge in [0.25, 0.3) is 0 Å². The first-order valence-corrected chi connectivity index (χ1v) is 5.33. The van der Waals surface area contributed by atoms with Crippen molar-refractivity contribution in [2.75, 3.05) is 11.1 Å². The molecule has 0 radical (unpaired) electrons. The van der Waals surface area contributed by atoms with Crippen LogP contribution in [0, 0.1) is 34.6 Å². The maximum absolute atomic E-state index is 13.5. The lowest BCUT2D eigenvalue weighted by Crippen LogP contribution is -2.04. The van der Waals surface area contributed by atoms with Crippen LogP contribution < -0.4 is 11.1 Å². The second-order valence-corrected chi connectivity index (χ2v) is 3.88. The molecule has 2 aromatic rings. The molecule has 3 N–H and O–H groups in total. The topological polar surface area (TPSA) is 61.8 Å². The number of nitrogens with two attached hydrogens (primary N) is 1. The van der Waals surface area contributed by atoms with E-state index < -0.39 is 29.0 Å². The van der Waals surface area contributed by atoms with E-state index in [9.17, 15) is 17.6 Å². The molecule has 7 heteroatoms. The quantitative estimate of drug-likeness (QED) is 0.503. The number of nitrogen functional groups attached to an aromatic ring is 1. The van der Waals surface area contributed by atoms with Crippen LogP contribution in [0.3, 0.4) is 0 Å². The molecule has 0 saturated heterocycles. The molecule has 102 valence electrons. The molecule has 2 rings (SSSR count). The molecule has 20 heavy (non-hydrogen) atoms. The van der Waals surface area contributed by atoms with Crippen LogP contribution in [0.5, 0.6) is 0 Å². The van der Waals surface area contributed by atoms with E-state index in [1.54, 1.807) is 0 Å². The van der Waals surface area contributed by atoms with Gasteiger partial charge in [-0.2, -0.15) is 5.26 Å². The monoisotopic (exact) mass is 281 g/mol. The number of anilines is 3. The van der Waals surface area contributed by atoms with Crippen LogP contribution in [0.2, 0.25) is 0 Å². The normalized spacial score (nSPS) is 10.2. The average Bonchev–Trinajstić information content (AvgIpc) is 2.42. The van der Waals surface area contributed by atoms with E-state index >= 15 is 0 Å². The van der Waals surface area contributed by atoms with E-state index in [0.717, 1.165) is 0 Å². The predicted octanol–water partition coefficient (Wildman–Crippen LogP) is 3.44. The number of hydrogen-bond acceptors (Lipinski definition) is 3. The van der Waals surface area contributed by atoms with Crippen LogP contribution in [-0.4, -0.2) is 0 Å². The fourth-order valence-electron chi connectivity index (χ4n) is 1.56. The van der Waals surface area contributed by atoms with E-state index in [2.05, 4.69) is 5.32 Å². The summed E-state index contributed by atoms with van der Waals surface area (Å²) >= 11 is 0. The van der Waals surface area contributed by atoms with E-state index in [4.69, 9.17) is 11.0 Å². The number of halogens is 4. The van der Waals surface area contributed by atoms with Crippen molar-refractivity contribution in [1.29, 1.82) is 5.26 Å². The Hall–Kier alpha value is -2.75. The minimum atomic E-state index is -1.56. The summed E-state index contributed by atoms with van der Waals surface area (Å²) in [6.07, 6.45) is 0. The van der Waals surface area contributed by atoms with Gasteiger partial charge < -0.3 is 11.1 Å². The van der Waals surface area contributed by atoms with Crippen molar-refractivity contribution in [2.24, 2.45) is 0 Å². The van der Waals surface area contributed by atoms with Gasteiger partial charge in [-0.15, -0.1) is 0 Å². The van der Waals surface area contributed by atoms with Crippen molar-refractivity contribution < 1.29 is 17.6 Å². The van der Waals surface area contributed by atoms with Crippen molar-refractivity contribution in [1.82, 2.24) is 0 Å². The minimum absolute atomic E-state index is 0.00696. The standard InChI is InChI=1S/C13H7F4N3/c14-7-4-8(15)12(17)13(11(7)16)20-10-2-1-6(5-18)3-9(10)19/h1-4,20H,19H2. The van der Waals surface area contributed by atoms with Gasteiger partial charge in [0.05, 0.1) is 23.0 Å². The lowest BCUT2D eigenvalue weighted by molar-refractivity contribution is 0.459. The highest BCUT2D eigenvalue weighted by Gasteiger charge is 2.19. The van der Waals surface area contributed by atoms with Crippen molar-refractivity contribution in [3.63, 3.8) is 0 Å². The van der Waals surface area contributed by atoms with Crippen LogP contribution in [0.4, 0.5) is 34.6 Å². The van der Waals surface area contributed by atoms with E-state index in [-0.39, 0.29) is 23.0 Å². The molecular weight excluding hydrogens is 274 g/mol. The lowest BCUT2D eigenvalue weighted by Gasteiger charge is -2.12. The zero-order valence-corrected chi connectivity index (χ0v) is 9.85. The van der Waals surface area contributed by atoms with Crippen LogP contribution in [-0.2, 0) is 0 Å². The lowest BCUT2D eigenvalue weighted by atomic mass is 10.1. The first-order valence-electron chi connectivity index (χ1n) is 5.33. The molecule has 0 bridgehead atoms. The van der Waals surface area contributed by atoms with Crippen molar-refractivity contribution in [3.05, 3.63) is 53.1 Å². The maximum Gasteiger partial charge on any atom is 0.185 e. The van der Waals surface area contributed by atoms with Gasteiger partial charge in [0.2, 0.25) is 0 Å². The second kappa shape index (κ2) is 5.09. The molecule has 0 aliphatic heterocycles. The third-order valence-corrected chi connectivity index (χ3v) is 2.55. The van der Waals surface area contributed by atoms with Gasteiger partial charge >= 0.3 is 0 Å². The van der Waals surface area contributed by atoms with E-state index in [1.165, 1.54) is 18.2 Å². The molecule has 0 amide bonds. The number of rotatable bonds is 2. The first-order chi connectivity index (χ1) is 9.43. The highest BCUT2D eigenvalue weighted by atomic mass is 19.2. The molecule has 2 aromatic carbocycles. The van der Waals surface area contributed by atoms with E-state index in [0.29, 0.717) is 0 Å². The van der Waals surface area contributed by atoms with Gasteiger partial charge in [-0.3, -0.25) is 0 Å². The summed E-state index contributed by atoms with van der Waals surface area (Å²) in [5.41, 5.74) is 4.85. The van der Waals surface area contributed by atoms with Crippen molar-refractivity contribution >= 4 is 17.1 Å². The zero-order chi connectivity index (χ0) is 14.9. The third-order valence-electron chi connectivity index (χ3n) is 2.55. The Morgan fingerprint density at radius 1 is 1.00 bits per heavy atom. The molecule has 0 spiro atoms. The molecule has 0 atom stereocenters. The molecule has 0 fully saturated rings. The molecule has 0 unspecified atom stereocenters. The molecule has 0 aromatic heterocycles. The Kier molecular flexibility index (Phi) is 3.48. The first kappa shape index (κ1) is 13.7. The molecule has 3 nitrogen and oxygen atoms in total. The van der Waals surface area contributed by atoms with Crippen LogP contribution in [0.25, 0.3) is 0 Å². The third kappa shape index (κ3) is 2.36. The Morgan fingerprint density at radius 2 is 1.60 bits per heavy atom. The number of benzene rings is 2. The summed E-state index contributed by atoms with van der Waals surface area (Å²) in [6, 6.07) is 5.80.